The van der Waals surface area contributed by atoms with Gasteiger partial charge in [-0.05, 0) is 43.3 Å². The normalized spacial score (nSPS) is 9.89. The summed E-state index contributed by atoms with van der Waals surface area (Å²) in [6.07, 6.45) is 0. The Balaban J connectivity index is 2.10. The van der Waals surface area contributed by atoms with E-state index in [1.807, 2.05) is 43.3 Å². The van der Waals surface area contributed by atoms with E-state index in [9.17, 15) is 0 Å². The van der Waals surface area contributed by atoms with Crippen LogP contribution in [0.4, 0.5) is 0 Å². The summed E-state index contributed by atoms with van der Waals surface area (Å²) in [6, 6.07) is 15.1. The Morgan fingerprint density at radius 1 is 0.889 bits per heavy atom. The predicted molar refractivity (Wildman–Crippen MR) is 71.5 cm³/mol. The van der Waals surface area contributed by atoms with Gasteiger partial charge in [-0.25, -0.2) is 0 Å². The molecule has 0 radical (unpaired) electrons. The molecule has 0 heterocycles. The van der Waals surface area contributed by atoms with Crippen molar-refractivity contribution < 1.29 is 9.47 Å². The van der Waals surface area contributed by atoms with Crippen LogP contribution in [0.2, 0.25) is 0 Å². The summed E-state index contributed by atoms with van der Waals surface area (Å²) in [4.78, 5) is 0. The van der Waals surface area contributed by atoms with Crippen molar-refractivity contribution in [3.63, 3.8) is 0 Å². The van der Waals surface area contributed by atoms with Crippen LogP contribution in [0.3, 0.4) is 0 Å². The zero-order valence-electron chi connectivity index (χ0n) is 10.4. The van der Waals surface area contributed by atoms with Crippen LogP contribution in [0.5, 0.6) is 11.5 Å². The number of ether oxygens (including phenoxy) is 2. The summed E-state index contributed by atoms with van der Waals surface area (Å²) in [5, 5.41) is 7.53. The molecular weight excluding hydrogens is 226 g/mol. The first kappa shape index (κ1) is 12.2. The van der Waals surface area contributed by atoms with E-state index < -0.39 is 0 Å². The number of aryl methyl sites for hydroxylation is 1. The lowest BCUT2D eigenvalue weighted by Crippen LogP contribution is -2.00. The van der Waals surface area contributed by atoms with Gasteiger partial charge >= 0.3 is 0 Å². The quantitative estimate of drug-likeness (QED) is 0.656. The number of hydrogen-bond acceptors (Lipinski definition) is 3. The van der Waals surface area contributed by atoms with Gasteiger partial charge in [0.2, 0.25) is 5.90 Å². The van der Waals surface area contributed by atoms with Crippen molar-refractivity contribution in [3.8, 4) is 11.5 Å². The van der Waals surface area contributed by atoms with Crippen molar-refractivity contribution in [2.24, 2.45) is 0 Å². The molecule has 18 heavy (non-hydrogen) atoms. The first-order valence-electron chi connectivity index (χ1n) is 5.66. The van der Waals surface area contributed by atoms with Gasteiger partial charge in [0.1, 0.15) is 11.5 Å². The van der Waals surface area contributed by atoms with Gasteiger partial charge in [-0.15, -0.1) is 0 Å². The molecule has 2 aromatic rings. The van der Waals surface area contributed by atoms with E-state index in [0.29, 0.717) is 0 Å². The first-order chi connectivity index (χ1) is 8.69. The van der Waals surface area contributed by atoms with Gasteiger partial charge in [-0.1, -0.05) is 17.7 Å². The molecule has 2 rings (SSSR count). The fraction of sp³-hybridized carbons (Fsp3) is 0.133. The van der Waals surface area contributed by atoms with Crippen LogP contribution >= 0.6 is 0 Å². The largest absolute Gasteiger partial charge is 0.481 e. The highest BCUT2D eigenvalue weighted by atomic mass is 16.5. The molecule has 0 aromatic heterocycles. The smallest absolute Gasteiger partial charge is 0.212 e. The molecular formula is C15H15NO2. The minimum absolute atomic E-state index is 0.150. The molecule has 0 bridgehead atoms. The summed E-state index contributed by atoms with van der Waals surface area (Å²) in [5.74, 6) is 1.69. The predicted octanol–water partition coefficient (Wildman–Crippen LogP) is 3.76. The van der Waals surface area contributed by atoms with Gasteiger partial charge in [0, 0.05) is 5.56 Å². The lowest BCUT2D eigenvalue weighted by atomic mass is 10.2. The summed E-state index contributed by atoms with van der Waals surface area (Å²) < 4.78 is 10.5. The minimum Gasteiger partial charge on any atom is -0.481 e. The molecule has 0 saturated heterocycles. The van der Waals surface area contributed by atoms with Crippen molar-refractivity contribution in [3.05, 3.63) is 59.7 Å². The summed E-state index contributed by atoms with van der Waals surface area (Å²) >= 11 is 0. The molecule has 92 valence electrons. The van der Waals surface area contributed by atoms with Crippen LogP contribution in [0.25, 0.3) is 0 Å². The Morgan fingerprint density at radius 2 is 1.39 bits per heavy atom. The third-order valence-corrected chi connectivity index (χ3v) is 2.58. The highest BCUT2D eigenvalue weighted by Crippen LogP contribution is 2.22. The molecule has 0 amide bonds. The third-order valence-electron chi connectivity index (χ3n) is 2.58. The molecule has 3 heteroatoms. The molecule has 2 aromatic carbocycles. The molecule has 0 fully saturated rings. The van der Waals surface area contributed by atoms with E-state index >= 15 is 0 Å². The van der Waals surface area contributed by atoms with Crippen LogP contribution in [0.15, 0.2) is 48.5 Å². The average molecular weight is 241 g/mol. The molecule has 0 spiro atoms. The molecule has 1 N–H and O–H groups in total. The highest BCUT2D eigenvalue weighted by molar-refractivity contribution is 5.91. The van der Waals surface area contributed by atoms with Gasteiger partial charge in [-0.3, -0.25) is 5.41 Å². The fourth-order valence-corrected chi connectivity index (χ4v) is 1.53. The second-order valence-corrected chi connectivity index (χ2v) is 3.97. The Kier molecular flexibility index (Phi) is 3.63. The lowest BCUT2D eigenvalue weighted by Gasteiger charge is -2.07. The van der Waals surface area contributed by atoms with Crippen molar-refractivity contribution in [2.45, 2.75) is 6.92 Å². The summed E-state index contributed by atoms with van der Waals surface area (Å²) in [7, 11) is 1.49. The van der Waals surface area contributed by atoms with E-state index in [2.05, 4.69) is 0 Å². The monoisotopic (exact) mass is 241 g/mol. The van der Waals surface area contributed by atoms with Crippen LogP contribution in [0, 0.1) is 12.3 Å². The zero-order valence-corrected chi connectivity index (χ0v) is 10.4. The molecule has 0 saturated carbocycles. The van der Waals surface area contributed by atoms with E-state index in [-0.39, 0.29) is 5.90 Å². The maximum absolute atomic E-state index is 7.53. The lowest BCUT2D eigenvalue weighted by molar-refractivity contribution is 0.401. The van der Waals surface area contributed by atoms with Crippen molar-refractivity contribution >= 4 is 5.90 Å². The van der Waals surface area contributed by atoms with Crippen LogP contribution < -0.4 is 4.74 Å². The van der Waals surface area contributed by atoms with E-state index in [1.165, 1.54) is 12.7 Å². The average Bonchev–Trinajstić information content (AvgIpc) is 2.41. The van der Waals surface area contributed by atoms with Gasteiger partial charge in [0.15, 0.2) is 0 Å². The van der Waals surface area contributed by atoms with E-state index in [1.54, 1.807) is 12.1 Å². The molecule has 0 aliphatic carbocycles. The standard InChI is InChI=1S/C15H15NO2/c1-11-3-7-13(8-4-11)18-14-9-5-12(6-10-14)15(16)17-2/h3-10,16H,1-2H3. The second-order valence-electron chi connectivity index (χ2n) is 3.97. The number of hydrogen-bond donors (Lipinski definition) is 1. The topological polar surface area (TPSA) is 42.3 Å². The number of methoxy groups -OCH3 is 1. The number of rotatable bonds is 3. The molecule has 0 unspecified atom stereocenters. The van der Waals surface area contributed by atoms with Crippen molar-refractivity contribution in [2.75, 3.05) is 7.11 Å². The Bertz CT molecular complexity index is 529. The van der Waals surface area contributed by atoms with E-state index in [0.717, 1.165) is 17.1 Å². The maximum Gasteiger partial charge on any atom is 0.212 e. The van der Waals surface area contributed by atoms with Crippen LogP contribution in [0.1, 0.15) is 11.1 Å². The molecule has 0 atom stereocenters. The molecule has 0 aliphatic heterocycles. The Hall–Kier alpha value is -2.29. The summed E-state index contributed by atoms with van der Waals surface area (Å²) in [6.45, 7) is 2.04. The van der Waals surface area contributed by atoms with Crippen molar-refractivity contribution in [1.29, 1.82) is 5.41 Å². The Morgan fingerprint density at radius 3 is 1.89 bits per heavy atom. The van der Waals surface area contributed by atoms with Gasteiger partial charge in [-0.2, -0.15) is 0 Å². The molecule has 3 nitrogen and oxygen atoms in total. The zero-order chi connectivity index (χ0) is 13.0. The van der Waals surface area contributed by atoms with Crippen LogP contribution in [-0.2, 0) is 4.74 Å². The third kappa shape index (κ3) is 2.88. The number of benzene rings is 2. The first-order valence-corrected chi connectivity index (χ1v) is 5.66. The molecule has 0 aliphatic rings. The fourth-order valence-electron chi connectivity index (χ4n) is 1.53. The maximum atomic E-state index is 7.53. The summed E-state index contributed by atoms with van der Waals surface area (Å²) in [5.41, 5.74) is 1.93. The minimum atomic E-state index is 0.150. The van der Waals surface area contributed by atoms with Crippen LogP contribution in [-0.4, -0.2) is 13.0 Å². The Labute approximate surface area is 106 Å². The van der Waals surface area contributed by atoms with Gasteiger partial charge < -0.3 is 9.47 Å². The van der Waals surface area contributed by atoms with Crippen molar-refractivity contribution in [1.82, 2.24) is 0 Å². The van der Waals surface area contributed by atoms with Gasteiger partial charge in [0.25, 0.3) is 0 Å². The highest BCUT2D eigenvalue weighted by Gasteiger charge is 2.01. The van der Waals surface area contributed by atoms with E-state index in [4.69, 9.17) is 14.9 Å². The number of nitrogens with one attached hydrogen (secondary N) is 1. The van der Waals surface area contributed by atoms with Gasteiger partial charge in [0.05, 0.1) is 7.11 Å². The SMILES string of the molecule is COC(=N)c1ccc(Oc2ccc(C)cc2)cc1. The second kappa shape index (κ2) is 5.36.